The number of hydrogen-bond acceptors (Lipinski definition) is 7. The number of nitrogens with zero attached hydrogens (tertiary/aromatic N) is 1. The van der Waals surface area contributed by atoms with Crippen LogP contribution < -0.4 is 15.7 Å². The predicted octanol–water partition coefficient (Wildman–Crippen LogP) is 1.87. The Morgan fingerprint density at radius 1 is 1.13 bits per heavy atom. The molecule has 1 amide bonds. The molecule has 8 nitrogen and oxygen atoms in total. The molecule has 0 radical (unpaired) electrons. The van der Waals surface area contributed by atoms with E-state index >= 15 is 0 Å². The van der Waals surface area contributed by atoms with Gasteiger partial charge in [-0.1, -0.05) is 0 Å². The minimum Gasteiger partial charge on any atom is -0.381 e. The Hall–Kier alpha value is -1.68. The van der Waals surface area contributed by atoms with E-state index in [1.165, 1.54) is 0 Å². The Morgan fingerprint density at radius 3 is 2.35 bits per heavy atom. The second-order valence-corrected chi connectivity index (χ2v) is 11.5. The van der Waals surface area contributed by atoms with E-state index in [0.717, 1.165) is 57.5 Å². The summed E-state index contributed by atoms with van der Waals surface area (Å²) in [7, 11) is -2.25. The monoisotopic (exact) mass is 451 g/mol. The third kappa shape index (κ3) is 3.97. The average Bonchev–Trinajstić information content (AvgIpc) is 3.19. The average molecular weight is 452 g/mol. The zero-order valence-electron chi connectivity index (χ0n) is 18.1. The Bertz CT molecular complexity index is 890. The number of hydrogen-bond donors (Lipinski definition) is 3. The highest BCUT2D eigenvalue weighted by atomic mass is 32.2. The first-order valence-corrected chi connectivity index (χ1v) is 12.6. The van der Waals surface area contributed by atoms with Crippen LogP contribution in [-0.4, -0.2) is 63.7 Å². The molecule has 1 aromatic rings. The summed E-state index contributed by atoms with van der Waals surface area (Å²) in [6, 6.07) is 6.85. The highest BCUT2D eigenvalue weighted by Gasteiger charge is 2.60. The maximum absolute atomic E-state index is 13.7. The van der Waals surface area contributed by atoms with Gasteiger partial charge in [0, 0.05) is 25.9 Å². The number of anilines is 1. The zero-order valence-corrected chi connectivity index (χ0v) is 18.9. The van der Waals surface area contributed by atoms with Crippen LogP contribution in [0.25, 0.3) is 0 Å². The summed E-state index contributed by atoms with van der Waals surface area (Å²) < 4.78 is 31.3. The van der Waals surface area contributed by atoms with E-state index < -0.39 is 20.5 Å². The molecule has 2 heterocycles. The van der Waals surface area contributed by atoms with E-state index in [9.17, 15) is 18.4 Å². The number of benzene rings is 1. The van der Waals surface area contributed by atoms with Crippen molar-refractivity contribution in [2.45, 2.75) is 60.7 Å². The molecule has 1 aromatic carbocycles. The van der Waals surface area contributed by atoms with Gasteiger partial charge in [-0.05, 0) is 87.7 Å². The first-order valence-electron chi connectivity index (χ1n) is 11.1. The standard InChI is InChI=1S/C22H33N3O5S/c1-30-18-6-14-25(15-7-18)17-2-4-19(5-3-17)31(28,29)22(20(26)24-27)9-8-21(16-22)10-12-23-13-11-21/h2-5,18,23,27H,6-16H2,1H3,(H,24,26). The largest absolute Gasteiger partial charge is 0.381 e. The Balaban J connectivity index is 1.59. The first-order chi connectivity index (χ1) is 14.9. The summed E-state index contributed by atoms with van der Waals surface area (Å²) in [5.41, 5.74) is 2.46. The smallest absolute Gasteiger partial charge is 0.265 e. The Morgan fingerprint density at radius 2 is 1.77 bits per heavy atom. The molecule has 2 aliphatic heterocycles. The number of rotatable bonds is 5. The van der Waals surface area contributed by atoms with E-state index in [0.29, 0.717) is 6.42 Å². The number of hydroxylamine groups is 1. The first kappa shape index (κ1) is 22.5. The van der Waals surface area contributed by atoms with E-state index in [4.69, 9.17) is 4.74 Å². The van der Waals surface area contributed by atoms with E-state index in [1.54, 1.807) is 24.7 Å². The molecule has 2 saturated heterocycles. The van der Waals surface area contributed by atoms with Crippen LogP contribution in [0.1, 0.15) is 44.9 Å². The van der Waals surface area contributed by atoms with Crippen LogP contribution in [0.4, 0.5) is 5.69 Å². The number of sulfone groups is 1. The second-order valence-electron chi connectivity index (χ2n) is 9.28. The van der Waals surface area contributed by atoms with Gasteiger partial charge in [0.15, 0.2) is 14.6 Å². The topological polar surface area (TPSA) is 108 Å². The number of nitrogens with one attached hydrogen (secondary N) is 2. The summed E-state index contributed by atoms with van der Waals surface area (Å²) in [6.07, 6.45) is 5.00. The van der Waals surface area contributed by atoms with Gasteiger partial charge in [-0.25, -0.2) is 13.9 Å². The SMILES string of the molecule is COC1CCN(c2ccc(S(=O)(=O)C3(C(=O)NO)CCC4(CCNCC4)C3)cc2)CC1. The predicted molar refractivity (Wildman–Crippen MR) is 117 cm³/mol. The van der Waals surface area contributed by atoms with Crippen LogP contribution in [0.2, 0.25) is 0 Å². The minimum absolute atomic E-state index is 0.137. The van der Waals surface area contributed by atoms with Gasteiger partial charge in [0.1, 0.15) is 0 Å². The van der Waals surface area contributed by atoms with Crippen molar-refractivity contribution >= 4 is 21.4 Å². The third-order valence-electron chi connectivity index (χ3n) is 7.70. The number of methoxy groups -OCH3 is 1. The molecular formula is C22H33N3O5S. The van der Waals surface area contributed by atoms with Crippen molar-refractivity contribution in [2.75, 3.05) is 38.2 Å². The molecule has 0 bridgehead atoms. The molecule has 1 spiro atoms. The quantitative estimate of drug-likeness (QED) is 0.463. The fourth-order valence-corrected chi connectivity index (χ4v) is 7.79. The molecule has 9 heteroatoms. The maximum Gasteiger partial charge on any atom is 0.265 e. The molecule has 4 rings (SSSR count). The van der Waals surface area contributed by atoms with Crippen LogP contribution in [0.15, 0.2) is 29.2 Å². The summed E-state index contributed by atoms with van der Waals surface area (Å²) in [5.74, 6) is -0.811. The molecular weight excluding hydrogens is 418 g/mol. The van der Waals surface area contributed by atoms with Crippen molar-refractivity contribution in [3.05, 3.63) is 24.3 Å². The molecule has 1 aliphatic carbocycles. The van der Waals surface area contributed by atoms with Gasteiger partial charge in [0.2, 0.25) is 0 Å². The fraction of sp³-hybridized carbons (Fsp3) is 0.682. The van der Waals surface area contributed by atoms with Crippen LogP contribution in [0.3, 0.4) is 0 Å². The van der Waals surface area contributed by atoms with Crippen LogP contribution in [-0.2, 0) is 19.4 Å². The van der Waals surface area contributed by atoms with E-state index in [-0.39, 0.29) is 29.3 Å². The molecule has 172 valence electrons. The van der Waals surface area contributed by atoms with Crippen molar-refractivity contribution in [2.24, 2.45) is 5.41 Å². The number of piperidine rings is 2. The highest BCUT2D eigenvalue weighted by molar-refractivity contribution is 7.93. The van der Waals surface area contributed by atoms with E-state index in [2.05, 4.69) is 10.2 Å². The van der Waals surface area contributed by atoms with Gasteiger partial charge in [0.05, 0.1) is 11.0 Å². The van der Waals surface area contributed by atoms with E-state index in [1.807, 2.05) is 12.1 Å². The van der Waals surface area contributed by atoms with Gasteiger partial charge in [-0.15, -0.1) is 0 Å². The number of carbonyl (C=O) groups is 1. The lowest BCUT2D eigenvalue weighted by molar-refractivity contribution is -0.132. The zero-order chi connectivity index (χ0) is 22.1. The molecule has 1 unspecified atom stereocenters. The molecule has 3 N–H and O–H groups in total. The van der Waals surface area contributed by atoms with Crippen LogP contribution >= 0.6 is 0 Å². The summed E-state index contributed by atoms with van der Waals surface area (Å²) in [5, 5.41) is 12.7. The van der Waals surface area contributed by atoms with Crippen molar-refractivity contribution in [3.63, 3.8) is 0 Å². The van der Waals surface area contributed by atoms with Crippen molar-refractivity contribution in [3.8, 4) is 0 Å². The van der Waals surface area contributed by atoms with Gasteiger partial charge in [-0.3, -0.25) is 10.0 Å². The molecule has 1 atom stereocenters. The molecule has 3 fully saturated rings. The summed E-state index contributed by atoms with van der Waals surface area (Å²) in [4.78, 5) is 15.1. The second kappa shape index (κ2) is 8.69. The minimum atomic E-state index is -3.98. The summed E-state index contributed by atoms with van der Waals surface area (Å²) in [6.45, 7) is 3.37. The number of carbonyl (C=O) groups excluding carboxylic acids is 1. The third-order valence-corrected chi connectivity index (χ3v) is 10.2. The van der Waals surface area contributed by atoms with Crippen LogP contribution in [0.5, 0.6) is 0 Å². The van der Waals surface area contributed by atoms with Gasteiger partial charge in [-0.2, -0.15) is 0 Å². The highest BCUT2D eigenvalue weighted by Crippen LogP contribution is 2.54. The maximum atomic E-state index is 13.7. The molecule has 3 aliphatic rings. The fourth-order valence-electron chi connectivity index (χ4n) is 5.69. The lowest BCUT2D eigenvalue weighted by atomic mass is 9.77. The molecule has 1 saturated carbocycles. The lowest BCUT2D eigenvalue weighted by Gasteiger charge is -2.36. The Kier molecular flexibility index (Phi) is 6.31. The lowest BCUT2D eigenvalue weighted by Crippen LogP contribution is -2.51. The number of ether oxygens (including phenoxy) is 1. The van der Waals surface area contributed by atoms with Crippen molar-refractivity contribution in [1.82, 2.24) is 10.8 Å². The summed E-state index contributed by atoms with van der Waals surface area (Å²) >= 11 is 0. The van der Waals surface area contributed by atoms with Gasteiger partial charge in [0.25, 0.3) is 5.91 Å². The molecule has 0 aromatic heterocycles. The van der Waals surface area contributed by atoms with Crippen LogP contribution in [0, 0.1) is 5.41 Å². The number of amides is 1. The normalized spacial score (nSPS) is 26.8. The molecule has 31 heavy (non-hydrogen) atoms. The van der Waals surface area contributed by atoms with Gasteiger partial charge < -0.3 is 15.0 Å². The van der Waals surface area contributed by atoms with Crippen molar-refractivity contribution in [1.29, 1.82) is 0 Å². The van der Waals surface area contributed by atoms with Crippen molar-refractivity contribution < 1.29 is 23.2 Å². The van der Waals surface area contributed by atoms with Gasteiger partial charge >= 0.3 is 0 Å². The Labute approximate surface area is 184 Å².